The number of hydrogen-bond donors (Lipinski definition) is 1. The van der Waals surface area contributed by atoms with Gasteiger partial charge in [0.25, 0.3) is 5.91 Å². The minimum absolute atomic E-state index is 0.00628. The Labute approximate surface area is 240 Å². The van der Waals surface area contributed by atoms with Crippen molar-refractivity contribution in [2.45, 2.75) is 64.0 Å². The van der Waals surface area contributed by atoms with Crippen molar-refractivity contribution >= 4 is 16.9 Å². The van der Waals surface area contributed by atoms with E-state index < -0.39 is 5.60 Å². The van der Waals surface area contributed by atoms with Crippen LogP contribution < -0.4 is 10.4 Å². The summed E-state index contributed by atoms with van der Waals surface area (Å²) in [7, 11) is 0. The van der Waals surface area contributed by atoms with Crippen LogP contribution in [0.3, 0.4) is 0 Å². The van der Waals surface area contributed by atoms with Crippen molar-refractivity contribution in [3.05, 3.63) is 111 Å². The Bertz CT molecular complexity index is 1610. The van der Waals surface area contributed by atoms with Gasteiger partial charge in [-0.1, -0.05) is 73.5 Å². The second kappa shape index (κ2) is 11.2. The minimum atomic E-state index is -0.743. The van der Waals surface area contributed by atoms with Gasteiger partial charge in [0.05, 0.1) is 17.0 Å². The molecule has 1 amide bonds. The van der Waals surface area contributed by atoms with Crippen molar-refractivity contribution in [2.75, 3.05) is 13.2 Å². The second-order valence-corrected chi connectivity index (χ2v) is 11.7. The van der Waals surface area contributed by atoms with Crippen LogP contribution in [0, 0.1) is 19.8 Å². The number of benzene rings is 3. The Morgan fingerprint density at radius 2 is 1.76 bits per heavy atom. The third kappa shape index (κ3) is 5.29. The highest BCUT2D eigenvalue weighted by molar-refractivity contribution is 5.89. The standard InChI is InChI=1S/C35H37NO5/c1-23-19-29(32-24(2)27(34(38)41-30(32)20-23)21-25-11-5-3-6-12-25)40-22-31(37)36-18-17-35(39)16-10-9-15-28(35)33(36)26-13-7-4-8-14-26/h3-8,11-14,19-20,28,33,39H,9-10,15-18,21-22H2,1-2H3/t28?,33-,35?/m0/s1. The third-order valence-corrected chi connectivity index (χ3v) is 9.09. The number of amides is 1. The molecular formula is C35H37NO5. The molecule has 2 fully saturated rings. The van der Waals surface area contributed by atoms with Crippen LogP contribution in [0.5, 0.6) is 5.75 Å². The first-order valence-corrected chi connectivity index (χ1v) is 14.6. The summed E-state index contributed by atoms with van der Waals surface area (Å²) in [5.41, 5.74) is 3.69. The van der Waals surface area contributed by atoms with Gasteiger partial charge in [0.15, 0.2) is 6.61 Å². The number of hydrogen-bond acceptors (Lipinski definition) is 5. The Morgan fingerprint density at radius 3 is 2.51 bits per heavy atom. The highest BCUT2D eigenvalue weighted by Crippen LogP contribution is 2.49. The van der Waals surface area contributed by atoms with E-state index in [0.717, 1.165) is 47.9 Å². The highest BCUT2D eigenvalue weighted by atomic mass is 16.5. The smallest absolute Gasteiger partial charge is 0.340 e. The quantitative estimate of drug-likeness (QED) is 0.286. The van der Waals surface area contributed by atoms with Gasteiger partial charge in [0.2, 0.25) is 0 Å². The first-order valence-electron chi connectivity index (χ1n) is 14.6. The van der Waals surface area contributed by atoms with Crippen molar-refractivity contribution in [1.82, 2.24) is 4.90 Å². The van der Waals surface area contributed by atoms with E-state index in [-0.39, 0.29) is 30.1 Å². The molecule has 0 radical (unpaired) electrons. The molecule has 2 unspecified atom stereocenters. The van der Waals surface area contributed by atoms with Crippen LogP contribution in [0.1, 0.15) is 66.0 Å². The fraction of sp³-hybridized carbons (Fsp3) is 0.371. The fourth-order valence-electron chi connectivity index (χ4n) is 7.00. The number of aliphatic hydroxyl groups is 1. The molecule has 2 heterocycles. The molecule has 212 valence electrons. The predicted octanol–water partition coefficient (Wildman–Crippen LogP) is 6.27. The maximum absolute atomic E-state index is 13.8. The summed E-state index contributed by atoms with van der Waals surface area (Å²) in [5.74, 6) is 0.417. The summed E-state index contributed by atoms with van der Waals surface area (Å²) in [6.45, 7) is 4.18. The largest absolute Gasteiger partial charge is 0.483 e. The summed E-state index contributed by atoms with van der Waals surface area (Å²) in [6, 6.07) is 23.5. The first-order chi connectivity index (χ1) is 19.8. The van der Waals surface area contributed by atoms with Crippen LogP contribution in [0.15, 0.2) is 82.0 Å². The molecule has 1 saturated carbocycles. The van der Waals surface area contributed by atoms with Crippen LogP contribution >= 0.6 is 0 Å². The van der Waals surface area contributed by atoms with Crippen molar-refractivity contribution < 1.29 is 19.1 Å². The van der Waals surface area contributed by atoms with Gasteiger partial charge in [-0.15, -0.1) is 0 Å². The lowest BCUT2D eigenvalue weighted by molar-refractivity contribution is -0.157. The molecule has 1 saturated heterocycles. The molecule has 3 atom stereocenters. The van der Waals surface area contributed by atoms with Crippen LogP contribution in [0.25, 0.3) is 11.0 Å². The van der Waals surface area contributed by atoms with Crippen LogP contribution in [0.4, 0.5) is 0 Å². The zero-order valence-corrected chi connectivity index (χ0v) is 23.8. The maximum atomic E-state index is 13.8. The van der Waals surface area contributed by atoms with Gasteiger partial charge in [-0.25, -0.2) is 4.79 Å². The molecule has 6 nitrogen and oxygen atoms in total. The number of aryl methyl sites for hydroxylation is 2. The highest BCUT2D eigenvalue weighted by Gasteiger charge is 2.50. The summed E-state index contributed by atoms with van der Waals surface area (Å²) >= 11 is 0. The number of carbonyl (C=O) groups is 1. The average molecular weight is 552 g/mol. The van der Waals surface area contributed by atoms with Crippen molar-refractivity contribution in [3.8, 4) is 5.75 Å². The molecule has 1 N–H and O–H groups in total. The lowest BCUT2D eigenvalue weighted by Gasteiger charge is -2.52. The predicted molar refractivity (Wildman–Crippen MR) is 159 cm³/mol. The van der Waals surface area contributed by atoms with Crippen molar-refractivity contribution in [1.29, 1.82) is 0 Å². The van der Waals surface area contributed by atoms with E-state index in [1.807, 2.05) is 79.4 Å². The average Bonchev–Trinajstić information content (AvgIpc) is 2.97. The Morgan fingerprint density at radius 1 is 1.02 bits per heavy atom. The van der Waals surface area contributed by atoms with E-state index >= 15 is 0 Å². The van der Waals surface area contributed by atoms with Crippen LogP contribution in [-0.4, -0.2) is 34.7 Å². The van der Waals surface area contributed by atoms with Gasteiger partial charge in [-0.3, -0.25) is 4.79 Å². The van der Waals surface area contributed by atoms with Crippen LogP contribution in [0.2, 0.25) is 0 Å². The summed E-state index contributed by atoms with van der Waals surface area (Å²) < 4.78 is 12.0. The van der Waals surface area contributed by atoms with Gasteiger partial charge in [-0.2, -0.15) is 0 Å². The van der Waals surface area contributed by atoms with Crippen molar-refractivity contribution in [2.24, 2.45) is 5.92 Å². The SMILES string of the molecule is Cc1cc(OCC(=O)N2CCC3(O)CCCCC3[C@@H]2c2ccccc2)c2c(C)c(Cc3ccccc3)c(=O)oc2c1. The molecular weight excluding hydrogens is 514 g/mol. The number of rotatable bonds is 6. The zero-order chi connectivity index (χ0) is 28.6. The zero-order valence-electron chi connectivity index (χ0n) is 23.8. The number of fused-ring (bicyclic) bond motifs is 2. The molecule has 0 spiro atoms. The molecule has 0 bridgehead atoms. The topological polar surface area (TPSA) is 80.0 Å². The summed E-state index contributed by atoms with van der Waals surface area (Å²) in [6.07, 6.45) is 4.78. The third-order valence-electron chi connectivity index (χ3n) is 9.09. The van der Waals surface area contributed by atoms with Gasteiger partial charge in [0.1, 0.15) is 11.3 Å². The van der Waals surface area contributed by atoms with Crippen molar-refractivity contribution in [3.63, 3.8) is 0 Å². The van der Waals surface area contributed by atoms with Gasteiger partial charge in [-0.05, 0) is 67.5 Å². The minimum Gasteiger partial charge on any atom is -0.483 e. The van der Waals surface area contributed by atoms with Crippen LogP contribution in [-0.2, 0) is 11.2 Å². The van der Waals surface area contributed by atoms with Gasteiger partial charge in [0, 0.05) is 24.4 Å². The number of carbonyl (C=O) groups excluding carboxylic acids is 1. The van der Waals surface area contributed by atoms with E-state index in [2.05, 4.69) is 12.1 Å². The fourth-order valence-corrected chi connectivity index (χ4v) is 7.00. The summed E-state index contributed by atoms with van der Waals surface area (Å²) in [5, 5.41) is 12.3. The number of ether oxygens (including phenoxy) is 1. The molecule has 41 heavy (non-hydrogen) atoms. The maximum Gasteiger partial charge on any atom is 0.340 e. The van der Waals surface area contributed by atoms with Gasteiger partial charge < -0.3 is 19.2 Å². The molecule has 4 aromatic rings. The molecule has 3 aromatic carbocycles. The number of piperidine rings is 1. The summed E-state index contributed by atoms with van der Waals surface area (Å²) in [4.78, 5) is 28.7. The van der Waals surface area contributed by atoms with E-state index in [1.165, 1.54) is 0 Å². The number of likely N-dealkylation sites (tertiary alicyclic amines) is 1. The Balaban J connectivity index is 1.31. The molecule has 1 aromatic heterocycles. The molecule has 1 aliphatic carbocycles. The monoisotopic (exact) mass is 551 g/mol. The number of nitrogens with zero attached hydrogens (tertiary/aromatic N) is 1. The van der Waals surface area contributed by atoms with E-state index in [0.29, 0.717) is 41.7 Å². The lowest BCUT2D eigenvalue weighted by atomic mass is 9.66. The molecule has 6 rings (SSSR count). The molecule has 1 aliphatic heterocycles. The normalized spacial score (nSPS) is 22.4. The Hall–Kier alpha value is -3.90. The van der Waals surface area contributed by atoms with Gasteiger partial charge >= 0.3 is 5.63 Å². The molecule has 6 heteroatoms. The van der Waals surface area contributed by atoms with E-state index in [1.54, 1.807) is 0 Å². The second-order valence-electron chi connectivity index (χ2n) is 11.7. The first kappa shape index (κ1) is 27.3. The molecule has 2 aliphatic rings. The lowest BCUT2D eigenvalue weighted by Crippen LogP contribution is -2.56. The van der Waals surface area contributed by atoms with E-state index in [4.69, 9.17) is 9.15 Å². The Kier molecular flexibility index (Phi) is 7.43. The van der Waals surface area contributed by atoms with E-state index in [9.17, 15) is 14.7 Å².